The molecular weight excluding hydrogens is 562 g/mol. The van der Waals surface area contributed by atoms with Crippen molar-refractivity contribution in [3.05, 3.63) is 61.2 Å². The van der Waals surface area contributed by atoms with Crippen molar-refractivity contribution in [3.8, 4) is 0 Å². The molecule has 240 valence electrons. The maximum Gasteiger partial charge on any atom is 0.313 e. The second kappa shape index (κ2) is 14.1. The molecule has 10 heteroatoms. The van der Waals surface area contributed by atoms with E-state index in [0.717, 1.165) is 5.56 Å². The Morgan fingerprint density at radius 1 is 1.18 bits per heavy atom. The van der Waals surface area contributed by atoms with Crippen molar-refractivity contribution in [2.45, 2.75) is 88.8 Å². The number of benzene rings is 1. The van der Waals surface area contributed by atoms with Gasteiger partial charge in [0.1, 0.15) is 17.7 Å². The third-order valence-corrected chi connectivity index (χ3v) is 9.47. The van der Waals surface area contributed by atoms with E-state index < -0.39 is 47.7 Å². The van der Waals surface area contributed by atoms with Crippen molar-refractivity contribution in [2.24, 2.45) is 11.8 Å². The van der Waals surface area contributed by atoms with Gasteiger partial charge in [0.15, 0.2) is 0 Å². The molecule has 1 N–H and O–H groups in total. The van der Waals surface area contributed by atoms with Crippen molar-refractivity contribution in [1.82, 2.24) is 14.7 Å². The van der Waals surface area contributed by atoms with E-state index in [9.17, 15) is 24.3 Å². The van der Waals surface area contributed by atoms with Gasteiger partial charge >= 0.3 is 5.97 Å². The monoisotopic (exact) mass is 609 g/mol. The van der Waals surface area contributed by atoms with Gasteiger partial charge in [-0.25, -0.2) is 0 Å². The standard InChI is InChI=1S/C34H47N3O7/c1-7-9-16-26(39)35(6)23(5)29(24-14-11-10-12-15-24)43-33(42)27-25-17-18-34(44-25)28(27)31(40)37(20-13-21-38)30(34)32(41)36(19-8-2)22(3)4/h7-8,10-12,14-15,22-23,25,27-30,38H,1-2,9,13,16-21H2,3-6H3/t23-,25+,27-,28-,29+,30+,34-/m1/s1. The molecule has 3 aliphatic heterocycles. The molecule has 1 aromatic carbocycles. The number of allylic oxidation sites excluding steroid dienone is 1. The predicted octanol–water partition coefficient (Wildman–Crippen LogP) is 3.26. The van der Waals surface area contributed by atoms with Crippen LogP contribution in [0.2, 0.25) is 0 Å². The number of hydrogen-bond donors (Lipinski definition) is 1. The molecule has 1 spiro atoms. The minimum atomic E-state index is -1.17. The highest BCUT2D eigenvalue weighted by Crippen LogP contribution is 2.59. The van der Waals surface area contributed by atoms with Crippen LogP contribution in [0.25, 0.3) is 0 Å². The smallest absolute Gasteiger partial charge is 0.313 e. The normalized spacial score (nSPS) is 26.7. The molecule has 3 heterocycles. The Balaban J connectivity index is 1.67. The quantitative estimate of drug-likeness (QED) is 0.240. The molecule has 3 saturated heterocycles. The van der Waals surface area contributed by atoms with Gasteiger partial charge in [-0.3, -0.25) is 19.2 Å². The SMILES string of the molecule is C=CCCC(=O)N(C)[C@H](C)[C@H](OC(=O)[C@@H]1[C@@H]2CC[C@]3(O2)[C@H](C(=O)N(CC=C)C(C)C)N(CCCO)C(=O)[C@@H]13)c1ccccc1. The van der Waals surface area contributed by atoms with Crippen molar-refractivity contribution in [3.63, 3.8) is 0 Å². The van der Waals surface area contributed by atoms with Gasteiger partial charge in [0.2, 0.25) is 17.7 Å². The summed E-state index contributed by atoms with van der Waals surface area (Å²) < 4.78 is 12.8. The summed E-state index contributed by atoms with van der Waals surface area (Å²) in [5.41, 5.74) is -0.444. The number of aliphatic hydroxyl groups excluding tert-OH is 1. The van der Waals surface area contributed by atoms with Crippen LogP contribution < -0.4 is 0 Å². The van der Waals surface area contributed by atoms with Crippen LogP contribution in [0.3, 0.4) is 0 Å². The molecule has 3 amide bonds. The second-order valence-corrected chi connectivity index (χ2v) is 12.4. The first-order valence-corrected chi connectivity index (χ1v) is 15.7. The summed E-state index contributed by atoms with van der Waals surface area (Å²) in [7, 11) is 1.69. The third kappa shape index (κ3) is 6.06. The molecule has 44 heavy (non-hydrogen) atoms. The van der Waals surface area contributed by atoms with Gasteiger partial charge in [-0.05, 0) is 52.0 Å². The molecule has 4 rings (SSSR count). The number of ether oxygens (including phenoxy) is 2. The average molecular weight is 610 g/mol. The molecule has 3 fully saturated rings. The zero-order chi connectivity index (χ0) is 32.2. The number of carbonyl (C=O) groups is 4. The molecule has 0 saturated carbocycles. The lowest BCUT2D eigenvalue weighted by molar-refractivity contribution is -0.164. The van der Waals surface area contributed by atoms with Gasteiger partial charge in [-0.1, -0.05) is 42.5 Å². The number of likely N-dealkylation sites (N-methyl/N-ethyl adjacent to an activating group) is 1. The Kier molecular flexibility index (Phi) is 10.7. The number of aliphatic hydroxyl groups is 1. The average Bonchev–Trinajstić information content (AvgIpc) is 3.66. The van der Waals surface area contributed by atoms with Crippen LogP contribution in [0.1, 0.15) is 64.5 Å². The third-order valence-electron chi connectivity index (χ3n) is 9.47. The van der Waals surface area contributed by atoms with E-state index in [0.29, 0.717) is 32.2 Å². The molecule has 0 aliphatic carbocycles. The number of hydrogen-bond acceptors (Lipinski definition) is 7. The van der Waals surface area contributed by atoms with Crippen molar-refractivity contribution < 1.29 is 33.8 Å². The molecule has 0 unspecified atom stereocenters. The number of carbonyl (C=O) groups excluding carboxylic acids is 4. The van der Waals surface area contributed by atoms with Crippen LogP contribution in [-0.4, -0.2) is 100 Å². The summed E-state index contributed by atoms with van der Waals surface area (Å²) in [5, 5.41) is 9.60. The summed E-state index contributed by atoms with van der Waals surface area (Å²) in [4.78, 5) is 60.1. The molecular formula is C34H47N3O7. The van der Waals surface area contributed by atoms with E-state index in [1.807, 2.05) is 51.1 Å². The Bertz CT molecular complexity index is 1240. The minimum absolute atomic E-state index is 0.0994. The number of nitrogens with zero attached hydrogens (tertiary/aromatic N) is 3. The predicted molar refractivity (Wildman–Crippen MR) is 165 cm³/mol. The van der Waals surface area contributed by atoms with Crippen LogP contribution in [0.5, 0.6) is 0 Å². The molecule has 7 atom stereocenters. The fourth-order valence-electron chi connectivity index (χ4n) is 7.16. The maximum absolute atomic E-state index is 14.2. The highest BCUT2D eigenvalue weighted by Gasteiger charge is 2.75. The van der Waals surface area contributed by atoms with Crippen LogP contribution in [0.4, 0.5) is 0 Å². The Labute approximate surface area is 260 Å². The lowest BCUT2D eigenvalue weighted by Gasteiger charge is -2.38. The number of likely N-dealkylation sites (tertiary alicyclic amines) is 1. The summed E-state index contributed by atoms with van der Waals surface area (Å²) in [6, 6.07) is 7.68. The minimum Gasteiger partial charge on any atom is -0.455 e. The van der Waals surface area contributed by atoms with Crippen molar-refractivity contribution in [1.29, 1.82) is 0 Å². The zero-order valence-corrected chi connectivity index (χ0v) is 26.4. The number of fused-ring (bicyclic) bond motifs is 1. The van der Waals surface area contributed by atoms with Crippen LogP contribution in [-0.2, 0) is 28.7 Å². The van der Waals surface area contributed by atoms with E-state index in [1.54, 1.807) is 29.0 Å². The van der Waals surface area contributed by atoms with E-state index >= 15 is 0 Å². The summed E-state index contributed by atoms with van der Waals surface area (Å²) in [5.74, 6) is -3.05. The Morgan fingerprint density at radius 3 is 2.50 bits per heavy atom. The highest BCUT2D eigenvalue weighted by atomic mass is 16.6. The number of rotatable bonds is 15. The van der Waals surface area contributed by atoms with E-state index in [2.05, 4.69) is 13.2 Å². The molecule has 10 nitrogen and oxygen atoms in total. The Hall–Kier alpha value is -3.50. The lowest BCUT2D eigenvalue weighted by Crippen LogP contribution is -2.57. The van der Waals surface area contributed by atoms with Crippen LogP contribution in [0, 0.1) is 11.8 Å². The largest absolute Gasteiger partial charge is 0.455 e. The van der Waals surface area contributed by atoms with Gasteiger partial charge in [-0.15, -0.1) is 13.2 Å². The fourth-order valence-corrected chi connectivity index (χ4v) is 7.16. The summed E-state index contributed by atoms with van der Waals surface area (Å²) in [6.45, 7) is 13.5. The Morgan fingerprint density at radius 2 is 1.89 bits per heavy atom. The number of amides is 3. The molecule has 1 aromatic rings. The highest BCUT2D eigenvalue weighted by molar-refractivity contribution is 5.98. The molecule has 3 aliphatic rings. The first kappa shape index (κ1) is 33.4. The van der Waals surface area contributed by atoms with E-state index in [4.69, 9.17) is 9.47 Å². The van der Waals surface area contributed by atoms with Crippen molar-refractivity contribution in [2.75, 3.05) is 26.7 Å². The van der Waals surface area contributed by atoms with Gasteiger partial charge in [0, 0.05) is 39.2 Å². The first-order chi connectivity index (χ1) is 21.0. The van der Waals surface area contributed by atoms with Gasteiger partial charge in [-0.2, -0.15) is 0 Å². The van der Waals surface area contributed by atoms with E-state index in [-0.39, 0.29) is 43.3 Å². The van der Waals surface area contributed by atoms with Gasteiger partial charge in [0.05, 0.1) is 24.0 Å². The van der Waals surface area contributed by atoms with E-state index in [1.165, 1.54) is 4.90 Å². The second-order valence-electron chi connectivity index (χ2n) is 12.4. The topological polar surface area (TPSA) is 117 Å². The van der Waals surface area contributed by atoms with Crippen molar-refractivity contribution >= 4 is 23.7 Å². The zero-order valence-electron chi connectivity index (χ0n) is 26.4. The maximum atomic E-state index is 14.2. The first-order valence-electron chi connectivity index (χ1n) is 15.7. The van der Waals surface area contributed by atoms with Gasteiger partial charge in [0.25, 0.3) is 0 Å². The molecule has 0 aromatic heterocycles. The lowest BCUT2D eigenvalue weighted by atomic mass is 9.70. The van der Waals surface area contributed by atoms with Crippen LogP contribution in [0.15, 0.2) is 55.6 Å². The summed E-state index contributed by atoms with van der Waals surface area (Å²) >= 11 is 0. The van der Waals surface area contributed by atoms with Gasteiger partial charge < -0.3 is 29.3 Å². The number of esters is 1. The molecule has 0 radical (unpaired) electrons. The van der Waals surface area contributed by atoms with Crippen LogP contribution >= 0.6 is 0 Å². The molecule has 2 bridgehead atoms. The summed E-state index contributed by atoms with van der Waals surface area (Å²) in [6.07, 6.45) is 4.06. The fraction of sp³-hybridized carbons (Fsp3) is 0.588.